The molecule has 0 aromatic heterocycles. The molecular weight excluding hydrogens is 331 g/mol. The first-order chi connectivity index (χ1) is 11.3. The summed E-state index contributed by atoms with van der Waals surface area (Å²) >= 11 is 0. The zero-order valence-electron chi connectivity index (χ0n) is 12.2. The van der Waals surface area contributed by atoms with Crippen molar-refractivity contribution in [3.8, 4) is 0 Å². The van der Waals surface area contributed by atoms with Crippen molar-refractivity contribution in [3.63, 3.8) is 0 Å². The lowest BCUT2D eigenvalue weighted by Crippen LogP contribution is -2.16. The van der Waals surface area contributed by atoms with Gasteiger partial charge in [0.2, 0.25) is 5.82 Å². The summed E-state index contributed by atoms with van der Waals surface area (Å²) in [5.74, 6) is -12.1. The molecule has 0 spiro atoms. The Morgan fingerprint density at radius 2 is 1.12 bits per heavy atom. The summed E-state index contributed by atoms with van der Waals surface area (Å²) < 4.78 is 66.0. The van der Waals surface area contributed by atoms with E-state index in [1.54, 1.807) is 30.3 Å². The molecule has 0 N–H and O–H groups in total. The average molecular weight is 342 g/mol. The predicted octanol–water partition coefficient (Wildman–Crippen LogP) is 3.70. The molecular formula is C17H11F5O2. The van der Waals surface area contributed by atoms with Crippen molar-refractivity contribution < 1.29 is 31.5 Å². The number of benzene rings is 2. The minimum absolute atomic E-state index is 0.0658. The second kappa shape index (κ2) is 7.33. The van der Waals surface area contributed by atoms with Crippen molar-refractivity contribution >= 4 is 11.6 Å². The normalized spacial score (nSPS) is 10.7. The number of hydrogen-bond donors (Lipinski definition) is 0. The first kappa shape index (κ1) is 17.8. The smallest absolute Gasteiger partial charge is 0.200 e. The highest BCUT2D eigenvalue weighted by molar-refractivity contribution is 6.00. The maximum atomic E-state index is 13.5. The van der Waals surface area contributed by atoms with Gasteiger partial charge in [-0.25, -0.2) is 22.0 Å². The minimum Gasteiger partial charge on any atom is -0.299 e. The third-order valence-corrected chi connectivity index (χ3v) is 3.31. The van der Waals surface area contributed by atoms with Gasteiger partial charge in [0.15, 0.2) is 23.3 Å². The van der Waals surface area contributed by atoms with Gasteiger partial charge in [-0.2, -0.15) is 0 Å². The number of halogens is 5. The Kier molecular flexibility index (Phi) is 5.43. The van der Waals surface area contributed by atoms with Crippen LogP contribution in [0.25, 0.3) is 0 Å². The molecule has 0 fully saturated rings. The maximum Gasteiger partial charge on any atom is 0.200 e. The van der Waals surface area contributed by atoms with Crippen LogP contribution in [0.15, 0.2) is 30.3 Å². The van der Waals surface area contributed by atoms with Crippen molar-refractivity contribution in [2.24, 2.45) is 0 Å². The van der Waals surface area contributed by atoms with Crippen molar-refractivity contribution in [1.29, 1.82) is 0 Å². The summed E-state index contributed by atoms with van der Waals surface area (Å²) in [7, 11) is 0. The van der Waals surface area contributed by atoms with E-state index >= 15 is 0 Å². The Morgan fingerprint density at radius 3 is 1.67 bits per heavy atom. The lowest BCUT2D eigenvalue weighted by molar-refractivity contribution is -0.126. The van der Waals surface area contributed by atoms with E-state index in [4.69, 9.17) is 0 Å². The summed E-state index contributed by atoms with van der Waals surface area (Å²) in [6, 6.07) is 8.44. The van der Waals surface area contributed by atoms with E-state index in [1.165, 1.54) is 0 Å². The number of ketones is 2. The topological polar surface area (TPSA) is 34.1 Å². The second-order valence-corrected chi connectivity index (χ2v) is 5.14. The average Bonchev–Trinajstić information content (AvgIpc) is 2.56. The molecule has 2 aromatic rings. The molecule has 24 heavy (non-hydrogen) atoms. The fourth-order valence-electron chi connectivity index (χ4n) is 2.17. The van der Waals surface area contributed by atoms with Crippen molar-refractivity contribution in [3.05, 3.63) is 70.5 Å². The van der Waals surface area contributed by atoms with Crippen LogP contribution in [0.5, 0.6) is 0 Å². The number of carbonyl (C=O) groups is 2. The molecule has 0 amide bonds. The molecule has 0 atom stereocenters. The molecule has 0 radical (unpaired) electrons. The summed E-state index contributed by atoms with van der Waals surface area (Å²) in [4.78, 5) is 23.5. The van der Waals surface area contributed by atoms with Crippen LogP contribution in [0, 0.1) is 29.1 Å². The molecule has 0 aliphatic rings. The monoisotopic (exact) mass is 342 g/mol. The Bertz CT molecular complexity index is 758. The Labute approximate surface area is 133 Å². The van der Waals surface area contributed by atoms with Gasteiger partial charge in [0.05, 0.1) is 6.42 Å². The molecule has 2 nitrogen and oxygen atoms in total. The highest BCUT2D eigenvalue weighted by Gasteiger charge is 2.27. The van der Waals surface area contributed by atoms with E-state index in [0.29, 0.717) is 5.56 Å². The van der Waals surface area contributed by atoms with Crippen molar-refractivity contribution in [1.82, 2.24) is 0 Å². The van der Waals surface area contributed by atoms with Gasteiger partial charge < -0.3 is 0 Å². The zero-order chi connectivity index (χ0) is 17.9. The van der Waals surface area contributed by atoms with Crippen LogP contribution in [-0.2, 0) is 22.4 Å². The third-order valence-electron chi connectivity index (χ3n) is 3.31. The lowest BCUT2D eigenvalue weighted by Gasteiger charge is -2.07. The van der Waals surface area contributed by atoms with E-state index in [-0.39, 0.29) is 6.42 Å². The Hall–Kier alpha value is -2.57. The van der Waals surface area contributed by atoms with Gasteiger partial charge in [-0.3, -0.25) is 9.59 Å². The highest BCUT2D eigenvalue weighted by atomic mass is 19.2. The van der Waals surface area contributed by atoms with Crippen LogP contribution in [0.2, 0.25) is 0 Å². The molecule has 0 unspecified atom stereocenters. The van der Waals surface area contributed by atoms with E-state index < -0.39 is 59.1 Å². The van der Waals surface area contributed by atoms with Crippen LogP contribution in [0.3, 0.4) is 0 Å². The quantitative estimate of drug-likeness (QED) is 0.347. The van der Waals surface area contributed by atoms with Gasteiger partial charge in [-0.15, -0.1) is 0 Å². The van der Waals surface area contributed by atoms with Crippen molar-refractivity contribution in [2.45, 2.75) is 19.3 Å². The highest BCUT2D eigenvalue weighted by Crippen LogP contribution is 2.23. The summed E-state index contributed by atoms with van der Waals surface area (Å²) in [6.07, 6.45) is -1.77. The molecule has 0 aliphatic heterocycles. The van der Waals surface area contributed by atoms with Gasteiger partial charge in [0, 0.05) is 18.4 Å². The molecule has 2 aromatic carbocycles. The number of rotatable bonds is 6. The molecule has 0 bridgehead atoms. The summed E-state index contributed by atoms with van der Waals surface area (Å²) in [5, 5.41) is 0. The minimum atomic E-state index is -2.29. The molecule has 126 valence electrons. The van der Waals surface area contributed by atoms with Crippen LogP contribution in [0.1, 0.15) is 17.5 Å². The number of hydrogen-bond acceptors (Lipinski definition) is 2. The van der Waals surface area contributed by atoms with E-state index in [1.807, 2.05) is 0 Å². The molecule has 0 heterocycles. The predicted molar refractivity (Wildman–Crippen MR) is 74.7 cm³/mol. The number of carbonyl (C=O) groups excluding carboxylic acids is 2. The van der Waals surface area contributed by atoms with Gasteiger partial charge in [-0.05, 0) is 5.56 Å². The Morgan fingerprint density at radius 1 is 0.667 bits per heavy atom. The van der Waals surface area contributed by atoms with E-state index in [9.17, 15) is 31.5 Å². The maximum absolute atomic E-state index is 13.5. The van der Waals surface area contributed by atoms with E-state index in [0.717, 1.165) is 0 Å². The first-order valence-corrected chi connectivity index (χ1v) is 6.89. The molecule has 7 heteroatoms. The van der Waals surface area contributed by atoms with Crippen LogP contribution in [-0.4, -0.2) is 11.6 Å². The zero-order valence-corrected chi connectivity index (χ0v) is 12.2. The first-order valence-electron chi connectivity index (χ1n) is 6.89. The van der Waals surface area contributed by atoms with E-state index in [2.05, 4.69) is 0 Å². The SMILES string of the molecule is O=C(CC(=O)Cc1c(F)c(F)c(F)c(F)c1F)Cc1ccccc1. The fourth-order valence-corrected chi connectivity index (χ4v) is 2.17. The van der Waals surface area contributed by atoms with Gasteiger partial charge >= 0.3 is 0 Å². The molecule has 0 aliphatic carbocycles. The van der Waals surface area contributed by atoms with Crippen LogP contribution in [0.4, 0.5) is 22.0 Å². The fraction of sp³-hybridized carbons (Fsp3) is 0.176. The lowest BCUT2D eigenvalue weighted by atomic mass is 10.0. The Balaban J connectivity index is 2.09. The summed E-state index contributed by atoms with van der Waals surface area (Å²) in [6.45, 7) is 0. The van der Waals surface area contributed by atoms with Crippen molar-refractivity contribution in [2.75, 3.05) is 0 Å². The van der Waals surface area contributed by atoms with Gasteiger partial charge in [0.25, 0.3) is 0 Å². The van der Waals surface area contributed by atoms with Crippen LogP contribution < -0.4 is 0 Å². The second-order valence-electron chi connectivity index (χ2n) is 5.14. The van der Waals surface area contributed by atoms with Gasteiger partial charge in [-0.1, -0.05) is 30.3 Å². The van der Waals surface area contributed by atoms with Crippen LogP contribution >= 0.6 is 0 Å². The molecule has 0 saturated heterocycles. The largest absolute Gasteiger partial charge is 0.299 e. The molecule has 0 saturated carbocycles. The van der Waals surface area contributed by atoms with Gasteiger partial charge in [0.1, 0.15) is 11.6 Å². The summed E-state index contributed by atoms with van der Waals surface area (Å²) in [5.41, 5.74) is -0.588. The number of Topliss-reactive ketones (excluding diaryl/α,β-unsaturated/α-hetero) is 2. The third kappa shape index (κ3) is 3.84. The molecule has 2 rings (SSSR count). The standard InChI is InChI=1S/C17H11F5O2/c18-13-12(14(19)16(21)17(22)15(13)20)8-11(24)7-10(23)6-9-4-2-1-3-5-9/h1-5H,6-8H2.